The number of nitrogens with one attached hydrogen (secondary N) is 1. The predicted molar refractivity (Wildman–Crippen MR) is 119 cm³/mol. The van der Waals surface area contributed by atoms with Gasteiger partial charge in [0.2, 0.25) is 0 Å². The van der Waals surface area contributed by atoms with Gasteiger partial charge in [0, 0.05) is 47.3 Å². The third kappa shape index (κ3) is 5.58. The third-order valence-corrected chi connectivity index (χ3v) is 5.03. The van der Waals surface area contributed by atoms with Crippen molar-refractivity contribution in [2.24, 2.45) is 0 Å². The average Bonchev–Trinajstić information content (AvgIpc) is 2.70. The van der Waals surface area contributed by atoms with Gasteiger partial charge in [-0.3, -0.25) is 4.98 Å². The summed E-state index contributed by atoms with van der Waals surface area (Å²) in [7, 11) is 1.63. The Hall–Kier alpha value is -2.34. The van der Waals surface area contributed by atoms with Crippen LogP contribution in [0.1, 0.15) is 11.1 Å². The summed E-state index contributed by atoms with van der Waals surface area (Å²) in [5, 5.41) is 5.05. The molecule has 1 N–H and O–H groups in total. The first-order chi connectivity index (χ1) is 13.5. The number of rotatable bonds is 6. The minimum atomic E-state index is 0.528. The molecule has 0 amide bonds. The van der Waals surface area contributed by atoms with Crippen LogP contribution >= 0.6 is 35.4 Å². The zero-order chi connectivity index (χ0) is 19.9. The highest BCUT2D eigenvalue weighted by atomic mass is 35.5. The second-order valence-corrected chi connectivity index (χ2v) is 7.35. The van der Waals surface area contributed by atoms with Crippen molar-refractivity contribution >= 4 is 46.2 Å². The van der Waals surface area contributed by atoms with Crippen LogP contribution < -0.4 is 10.1 Å². The Morgan fingerprint density at radius 1 is 1.11 bits per heavy atom. The van der Waals surface area contributed by atoms with Crippen molar-refractivity contribution < 1.29 is 4.74 Å². The predicted octanol–water partition coefficient (Wildman–Crippen LogP) is 5.80. The Balaban J connectivity index is 1.82. The molecule has 0 aliphatic carbocycles. The normalized spacial score (nSPS) is 10.4. The van der Waals surface area contributed by atoms with E-state index < -0.39 is 0 Å². The molecule has 2 aromatic carbocycles. The Kier molecular flexibility index (Phi) is 7.09. The van der Waals surface area contributed by atoms with E-state index in [4.69, 9.17) is 40.2 Å². The molecule has 4 nitrogen and oxygen atoms in total. The van der Waals surface area contributed by atoms with Crippen molar-refractivity contribution in [3.8, 4) is 5.75 Å². The van der Waals surface area contributed by atoms with E-state index in [-0.39, 0.29) is 0 Å². The van der Waals surface area contributed by atoms with Gasteiger partial charge in [0.05, 0.1) is 7.11 Å². The molecule has 1 heterocycles. The van der Waals surface area contributed by atoms with Crippen LogP contribution in [0.2, 0.25) is 10.0 Å². The van der Waals surface area contributed by atoms with E-state index in [0.29, 0.717) is 28.2 Å². The number of ether oxygens (including phenoxy) is 1. The van der Waals surface area contributed by atoms with Gasteiger partial charge in [-0.25, -0.2) is 0 Å². The smallest absolute Gasteiger partial charge is 0.174 e. The minimum Gasteiger partial charge on any atom is -0.497 e. The Morgan fingerprint density at radius 2 is 1.96 bits per heavy atom. The van der Waals surface area contributed by atoms with Crippen LogP contribution in [0.25, 0.3) is 0 Å². The van der Waals surface area contributed by atoms with Gasteiger partial charge in [0.25, 0.3) is 0 Å². The van der Waals surface area contributed by atoms with Gasteiger partial charge < -0.3 is 15.0 Å². The number of hydrogen-bond donors (Lipinski definition) is 1. The maximum atomic E-state index is 6.38. The fourth-order valence-electron chi connectivity index (χ4n) is 2.67. The fraction of sp³-hybridized carbons (Fsp3) is 0.143. The second kappa shape index (κ2) is 9.73. The maximum absolute atomic E-state index is 6.38. The lowest BCUT2D eigenvalue weighted by Crippen LogP contribution is -2.34. The van der Waals surface area contributed by atoms with Crippen LogP contribution in [-0.2, 0) is 13.1 Å². The van der Waals surface area contributed by atoms with E-state index in [1.54, 1.807) is 19.4 Å². The van der Waals surface area contributed by atoms with Gasteiger partial charge >= 0.3 is 0 Å². The Bertz CT molecular complexity index is 953. The molecule has 0 aliphatic rings. The number of nitrogens with zero attached hydrogens (tertiary/aromatic N) is 2. The summed E-state index contributed by atoms with van der Waals surface area (Å²) < 4.78 is 5.28. The molecule has 7 heteroatoms. The van der Waals surface area contributed by atoms with Gasteiger partial charge in [-0.05, 0) is 53.7 Å². The summed E-state index contributed by atoms with van der Waals surface area (Å²) in [5.41, 5.74) is 2.83. The number of anilines is 1. The van der Waals surface area contributed by atoms with Gasteiger partial charge in [0.15, 0.2) is 5.11 Å². The zero-order valence-electron chi connectivity index (χ0n) is 15.2. The molecule has 0 saturated heterocycles. The summed E-state index contributed by atoms with van der Waals surface area (Å²) in [4.78, 5) is 6.22. The number of aromatic nitrogens is 1. The molecule has 0 radical (unpaired) electrons. The lowest BCUT2D eigenvalue weighted by Gasteiger charge is -2.26. The standard InChI is InChI=1S/C21H19Cl2N3OS/c1-27-19-6-2-5-18(11-19)25-21(28)26(13-15-4-3-9-24-12-15)14-16-7-8-17(22)10-20(16)23/h2-12H,13-14H2,1H3,(H,25,28). The molecule has 28 heavy (non-hydrogen) atoms. The molecule has 0 fully saturated rings. The van der Waals surface area contributed by atoms with Gasteiger partial charge in [-0.1, -0.05) is 41.4 Å². The summed E-state index contributed by atoms with van der Waals surface area (Å²) in [6.45, 7) is 1.11. The van der Waals surface area contributed by atoms with E-state index in [2.05, 4.69) is 10.3 Å². The highest BCUT2D eigenvalue weighted by Crippen LogP contribution is 2.24. The third-order valence-electron chi connectivity index (χ3n) is 4.08. The molecule has 3 rings (SSSR count). The van der Waals surface area contributed by atoms with E-state index >= 15 is 0 Å². The summed E-state index contributed by atoms with van der Waals surface area (Å²) in [6, 6.07) is 17.0. The summed E-state index contributed by atoms with van der Waals surface area (Å²) in [6.07, 6.45) is 3.57. The highest BCUT2D eigenvalue weighted by Gasteiger charge is 2.14. The molecule has 1 aromatic heterocycles. The van der Waals surface area contributed by atoms with Crippen LogP contribution in [0, 0.1) is 0 Å². The first-order valence-corrected chi connectivity index (χ1v) is 9.74. The number of thiocarbonyl (C=S) groups is 1. The van der Waals surface area contributed by atoms with E-state index in [0.717, 1.165) is 22.6 Å². The molecule has 0 saturated carbocycles. The highest BCUT2D eigenvalue weighted by molar-refractivity contribution is 7.80. The number of hydrogen-bond acceptors (Lipinski definition) is 3. The lowest BCUT2D eigenvalue weighted by atomic mass is 10.2. The largest absolute Gasteiger partial charge is 0.497 e. The minimum absolute atomic E-state index is 0.528. The molecular weight excluding hydrogens is 413 g/mol. The lowest BCUT2D eigenvalue weighted by molar-refractivity contribution is 0.411. The SMILES string of the molecule is COc1cccc(NC(=S)N(Cc2cccnc2)Cc2ccc(Cl)cc2Cl)c1. The number of benzene rings is 2. The van der Waals surface area contributed by atoms with Gasteiger partial charge in [-0.15, -0.1) is 0 Å². The van der Waals surface area contributed by atoms with Crippen LogP contribution in [0.15, 0.2) is 67.0 Å². The first kappa shape index (κ1) is 20.4. The molecule has 0 atom stereocenters. The number of halogens is 2. The van der Waals surface area contributed by atoms with Gasteiger partial charge in [-0.2, -0.15) is 0 Å². The summed E-state index contributed by atoms with van der Waals surface area (Å²) in [5.74, 6) is 0.757. The van der Waals surface area contributed by atoms with Crippen molar-refractivity contribution in [1.82, 2.24) is 9.88 Å². The molecule has 0 spiro atoms. The first-order valence-electron chi connectivity index (χ1n) is 8.58. The van der Waals surface area contributed by atoms with Crippen LogP contribution in [0.3, 0.4) is 0 Å². The van der Waals surface area contributed by atoms with Crippen molar-refractivity contribution in [3.05, 3.63) is 88.2 Å². The Morgan fingerprint density at radius 3 is 2.68 bits per heavy atom. The van der Waals surface area contributed by atoms with Crippen LogP contribution in [-0.4, -0.2) is 22.1 Å². The van der Waals surface area contributed by atoms with E-state index in [1.165, 1.54) is 0 Å². The number of methoxy groups -OCH3 is 1. The second-order valence-electron chi connectivity index (χ2n) is 6.12. The van der Waals surface area contributed by atoms with E-state index in [9.17, 15) is 0 Å². The Labute approximate surface area is 180 Å². The quantitative estimate of drug-likeness (QED) is 0.499. The molecule has 144 valence electrons. The van der Waals surface area contributed by atoms with Crippen molar-refractivity contribution in [2.75, 3.05) is 12.4 Å². The topological polar surface area (TPSA) is 37.4 Å². The molecule has 0 unspecified atom stereocenters. The van der Waals surface area contributed by atoms with Crippen molar-refractivity contribution in [2.45, 2.75) is 13.1 Å². The molecule has 0 bridgehead atoms. The molecule has 3 aromatic rings. The molecular formula is C21H19Cl2N3OS. The van der Waals surface area contributed by atoms with E-state index in [1.807, 2.05) is 59.6 Å². The molecule has 0 aliphatic heterocycles. The van der Waals surface area contributed by atoms with Crippen molar-refractivity contribution in [1.29, 1.82) is 0 Å². The number of pyridine rings is 1. The summed E-state index contributed by atoms with van der Waals surface area (Å²) >= 11 is 18.1. The monoisotopic (exact) mass is 431 g/mol. The van der Waals surface area contributed by atoms with Crippen molar-refractivity contribution in [3.63, 3.8) is 0 Å². The average molecular weight is 432 g/mol. The maximum Gasteiger partial charge on any atom is 0.174 e. The van der Waals surface area contributed by atoms with Crippen LogP contribution in [0.5, 0.6) is 5.75 Å². The zero-order valence-corrected chi connectivity index (χ0v) is 17.6. The fourth-order valence-corrected chi connectivity index (χ4v) is 3.39. The van der Waals surface area contributed by atoms with Crippen LogP contribution in [0.4, 0.5) is 5.69 Å². The van der Waals surface area contributed by atoms with Gasteiger partial charge in [0.1, 0.15) is 5.75 Å².